The lowest BCUT2D eigenvalue weighted by Crippen LogP contribution is -2.41. The molecular weight excluding hydrogens is 289 g/mol. The smallest absolute Gasteiger partial charge is 0.334 e. The highest BCUT2D eigenvalue weighted by Gasteiger charge is 2.22. The van der Waals surface area contributed by atoms with E-state index in [0.29, 0.717) is 13.0 Å². The van der Waals surface area contributed by atoms with Gasteiger partial charge in [0.05, 0.1) is 7.11 Å². The van der Waals surface area contributed by atoms with Gasteiger partial charge in [-0.15, -0.1) is 30.2 Å². The predicted molar refractivity (Wildman–Crippen MR) is 70.3 cm³/mol. The van der Waals surface area contributed by atoms with Gasteiger partial charge in [0.1, 0.15) is 0 Å². The van der Waals surface area contributed by atoms with Gasteiger partial charge in [0.15, 0.2) is 17.0 Å². The summed E-state index contributed by atoms with van der Waals surface area (Å²) in [5, 5.41) is 9.40. The molecule has 0 heterocycles. The van der Waals surface area contributed by atoms with Gasteiger partial charge in [-0.05, 0) is 12.8 Å². The van der Waals surface area contributed by atoms with Crippen LogP contribution in [0.4, 0.5) is 0 Å². The number of ether oxygens (including phenoxy) is 1. The number of aliphatic imine (C=N–C) groups is 1. The van der Waals surface area contributed by atoms with Gasteiger partial charge >= 0.3 is 5.97 Å². The minimum Gasteiger partial charge on any atom is -0.467 e. The first kappa shape index (κ1) is 21.8. The summed E-state index contributed by atoms with van der Waals surface area (Å²) >= 11 is 0. The van der Waals surface area contributed by atoms with Gasteiger partial charge in [0.2, 0.25) is 0 Å². The van der Waals surface area contributed by atoms with Crippen LogP contribution < -0.4 is 16.9 Å². The first-order valence-electron chi connectivity index (χ1n) is 4.51. The number of methoxy groups -OCH3 is 1. The van der Waals surface area contributed by atoms with Crippen LogP contribution in [0.5, 0.6) is 0 Å². The van der Waals surface area contributed by atoms with E-state index < -0.39 is 17.0 Å². The lowest BCUT2D eigenvalue weighted by Gasteiger charge is -2.10. The molecule has 0 amide bonds. The van der Waals surface area contributed by atoms with Crippen molar-refractivity contribution < 1.29 is 14.6 Å². The molecule has 0 fully saturated rings. The highest BCUT2D eigenvalue weighted by Crippen LogP contribution is 2.00. The quantitative estimate of drug-likeness (QED) is 0.139. The van der Waals surface area contributed by atoms with Crippen LogP contribution in [0.3, 0.4) is 0 Å². The summed E-state index contributed by atoms with van der Waals surface area (Å²) in [6.45, 7) is 0.301. The van der Waals surface area contributed by atoms with Gasteiger partial charge in [-0.1, -0.05) is 0 Å². The van der Waals surface area contributed by atoms with E-state index in [0.717, 1.165) is 7.11 Å². The zero-order valence-electron chi connectivity index (χ0n) is 9.70. The van der Waals surface area contributed by atoms with Crippen molar-refractivity contribution in [2.75, 3.05) is 13.7 Å². The van der Waals surface area contributed by atoms with Crippen molar-refractivity contribution in [2.45, 2.75) is 18.9 Å². The van der Waals surface area contributed by atoms with Crippen molar-refractivity contribution in [3.8, 4) is 0 Å². The van der Waals surface area contributed by atoms with Crippen molar-refractivity contribution >= 4 is 36.7 Å². The molecule has 0 radical (unpaired) electrons. The largest absolute Gasteiger partial charge is 0.467 e. The summed E-state index contributed by atoms with van der Waals surface area (Å²) in [5.74, 6) is -0.752. The van der Waals surface area contributed by atoms with Crippen LogP contribution in [0.2, 0.25) is 0 Å². The molecule has 0 unspecified atom stereocenters. The Morgan fingerprint density at radius 1 is 1.50 bits per heavy atom. The van der Waals surface area contributed by atoms with Crippen LogP contribution in [-0.4, -0.2) is 36.7 Å². The second-order valence-corrected chi connectivity index (χ2v) is 2.91. The van der Waals surface area contributed by atoms with Gasteiger partial charge in [-0.2, -0.15) is 0 Å². The van der Waals surface area contributed by atoms with Crippen LogP contribution in [-0.2, 0) is 9.53 Å². The minimum atomic E-state index is -0.991. The fourth-order valence-electron chi connectivity index (χ4n) is 1.01. The minimum absolute atomic E-state index is 0. The van der Waals surface area contributed by atoms with Crippen LogP contribution in [0.1, 0.15) is 12.8 Å². The molecule has 0 aliphatic carbocycles. The number of hydrazine groups is 1. The van der Waals surface area contributed by atoms with E-state index in [2.05, 4.69) is 9.73 Å². The summed E-state index contributed by atoms with van der Waals surface area (Å²) in [4.78, 5) is 25.0. The third-order valence-electron chi connectivity index (χ3n) is 1.69. The molecule has 0 aromatic carbocycles. The van der Waals surface area contributed by atoms with E-state index in [1.807, 2.05) is 5.43 Å². The molecule has 18 heavy (non-hydrogen) atoms. The Bertz CT molecular complexity index is 285. The fourth-order valence-corrected chi connectivity index (χ4v) is 1.01. The second-order valence-electron chi connectivity index (χ2n) is 2.91. The molecular formula is C7H17Cl2N5O4. The molecule has 0 saturated heterocycles. The number of nitrogens with zero attached hydrogens (tertiary/aromatic N) is 2. The predicted octanol–water partition coefficient (Wildman–Crippen LogP) is -0.793. The Balaban J connectivity index is -0.00000112. The number of nitro groups is 1. The molecule has 0 bridgehead atoms. The number of rotatable bonds is 7. The average molecular weight is 306 g/mol. The molecule has 1 atom stereocenters. The Kier molecular flexibility index (Phi) is 14.5. The average Bonchev–Trinajstić information content (AvgIpc) is 2.20. The number of guanidine groups is 1. The summed E-state index contributed by atoms with van der Waals surface area (Å²) in [6.07, 6.45) is 0.642. The molecule has 0 saturated carbocycles. The number of hydrogen-bond acceptors (Lipinski definition) is 5. The molecule has 0 spiro atoms. The Morgan fingerprint density at radius 2 is 2.06 bits per heavy atom. The van der Waals surface area contributed by atoms with Crippen LogP contribution in [0.25, 0.3) is 0 Å². The van der Waals surface area contributed by atoms with Crippen molar-refractivity contribution in [1.29, 1.82) is 0 Å². The topological polar surface area (TPSA) is 146 Å². The second kappa shape index (κ2) is 12.0. The highest BCUT2D eigenvalue weighted by molar-refractivity contribution is 5.85. The molecule has 0 aliphatic rings. The first-order chi connectivity index (χ1) is 7.47. The van der Waals surface area contributed by atoms with E-state index in [-0.39, 0.29) is 37.2 Å². The number of esters is 1. The Hall–Kier alpha value is -1.48. The molecule has 0 aliphatic heterocycles. The third kappa shape index (κ3) is 11.0. The third-order valence-corrected chi connectivity index (χ3v) is 1.69. The number of nitrogens with one attached hydrogen (secondary N) is 1. The van der Waals surface area contributed by atoms with Gasteiger partial charge in [0, 0.05) is 6.54 Å². The molecule has 11 heteroatoms. The molecule has 0 aromatic rings. The fraction of sp³-hybridized carbons (Fsp3) is 0.714. The van der Waals surface area contributed by atoms with Crippen molar-refractivity contribution in [3.63, 3.8) is 0 Å². The number of carbonyl (C=O) groups is 1. The summed E-state index contributed by atoms with van der Waals surface area (Å²) in [6, 6.07) is -0.991. The van der Waals surface area contributed by atoms with Gasteiger partial charge in [-0.25, -0.2) is 14.9 Å². The highest BCUT2D eigenvalue weighted by atomic mass is 35.5. The lowest BCUT2D eigenvalue weighted by molar-refractivity contribution is -0.549. The SMILES string of the molecule is COC(=O)[C@H](CCCN=C(N)N)N[N+](=O)[O-].Cl.Cl. The van der Waals surface area contributed by atoms with E-state index in [4.69, 9.17) is 11.5 Å². The number of halogens is 2. The van der Waals surface area contributed by atoms with Gasteiger partial charge in [-0.3, -0.25) is 4.99 Å². The maximum Gasteiger partial charge on any atom is 0.334 e. The standard InChI is InChI=1S/C7H15N5O4.2ClH/c1-16-6(13)5(11-12(14)15)3-2-4-10-7(8)9;;/h5,11H,2-4H2,1H3,(H4,8,9,10);2*1H/t5-;;/m0../s1. The molecule has 0 rings (SSSR count). The zero-order chi connectivity index (χ0) is 12.6. The van der Waals surface area contributed by atoms with Gasteiger partial charge in [0.25, 0.3) is 0 Å². The number of hydrogen-bond donors (Lipinski definition) is 3. The van der Waals surface area contributed by atoms with Crippen molar-refractivity contribution in [1.82, 2.24) is 5.43 Å². The Morgan fingerprint density at radius 3 is 2.44 bits per heavy atom. The maximum atomic E-state index is 11.1. The van der Waals surface area contributed by atoms with Crippen molar-refractivity contribution in [3.05, 3.63) is 10.1 Å². The summed E-state index contributed by atoms with van der Waals surface area (Å²) < 4.78 is 4.40. The van der Waals surface area contributed by atoms with E-state index in [1.54, 1.807) is 0 Å². The molecule has 9 nitrogen and oxygen atoms in total. The summed E-state index contributed by atoms with van der Waals surface area (Å²) in [5.41, 5.74) is 12.0. The van der Waals surface area contributed by atoms with Crippen LogP contribution >= 0.6 is 24.8 Å². The Labute approximate surface area is 116 Å². The zero-order valence-corrected chi connectivity index (χ0v) is 11.3. The van der Waals surface area contributed by atoms with Crippen LogP contribution in [0.15, 0.2) is 4.99 Å². The lowest BCUT2D eigenvalue weighted by atomic mass is 10.1. The maximum absolute atomic E-state index is 11.1. The number of nitrogens with two attached hydrogens (primary N) is 2. The normalized spacial score (nSPS) is 10.1. The molecule has 0 aromatic heterocycles. The van der Waals surface area contributed by atoms with Gasteiger partial charge < -0.3 is 16.2 Å². The first-order valence-corrected chi connectivity index (χ1v) is 4.51. The van der Waals surface area contributed by atoms with E-state index in [1.165, 1.54) is 0 Å². The van der Waals surface area contributed by atoms with Crippen molar-refractivity contribution in [2.24, 2.45) is 16.5 Å². The monoisotopic (exact) mass is 305 g/mol. The summed E-state index contributed by atoms with van der Waals surface area (Å²) in [7, 11) is 1.16. The van der Waals surface area contributed by atoms with E-state index in [9.17, 15) is 14.9 Å². The van der Waals surface area contributed by atoms with E-state index >= 15 is 0 Å². The van der Waals surface area contributed by atoms with Crippen LogP contribution in [0, 0.1) is 10.1 Å². The number of carbonyl (C=O) groups excluding carboxylic acids is 1. The molecule has 108 valence electrons. The molecule has 5 N–H and O–H groups in total.